The zero-order valence-corrected chi connectivity index (χ0v) is 9.13. The molecule has 0 amide bonds. The van der Waals surface area contributed by atoms with Gasteiger partial charge in [0.1, 0.15) is 0 Å². The van der Waals surface area contributed by atoms with Crippen LogP contribution in [0.25, 0.3) is 0 Å². The molecule has 0 aliphatic heterocycles. The minimum atomic E-state index is -0.00324. The maximum absolute atomic E-state index is 9.89. The SMILES string of the molecule is CCCCC(O)C1CCC(CC)C1. The Balaban J connectivity index is 2.20. The number of hydrogen-bond acceptors (Lipinski definition) is 1. The Bertz CT molecular complexity index is 133. The molecule has 3 unspecified atom stereocenters. The first-order valence-electron chi connectivity index (χ1n) is 5.96. The third-order valence-corrected chi connectivity index (χ3v) is 3.56. The standard InChI is InChI=1S/C12H24O/c1-3-5-6-12(13)11-8-7-10(4-2)9-11/h10-13H,3-9H2,1-2H3. The number of aliphatic hydroxyl groups excluding tert-OH is 1. The van der Waals surface area contributed by atoms with Crippen LogP contribution in [0.15, 0.2) is 0 Å². The first-order valence-corrected chi connectivity index (χ1v) is 5.96. The summed E-state index contributed by atoms with van der Waals surface area (Å²) < 4.78 is 0. The van der Waals surface area contributed by atoms with Gasteiger partial charge in [0, 0.05) is 0 Å². The molecular weight excluding hydrogens is 160 g/mol. The molecule has 0 spiro atoms. The zero-order valence-electron chi connectivity index (χ0n) is 9.13. The number of rotatable bonds is 5. The summed E-state index contributed by atoms with van der Waals surface area (Å²) in [6.07, 6.45) is 8.62. The fourth-order valence-electron chi connectivity index (χ4n) is 2.48. The van der Waals surface area contributed by atoms with E-state index in [0.29, 0.717) is 5.92 Å². The highest BCUT2D eigenvalue weighted by molar-refractivity contribution is 4.79. The molecule has 78 valence electrons. The van der Waals surface area contributed by atoms with Crippen LogP contribution in [0.3, 0.4) is 0 Å². The second kappa shape index (κ2) is 5.64. The number of unbranched alkanes of at least 4 members (excludes halogenated alkanes) is 1. The van der Waals surface area contributed by atoms with Crippen LogP contribution in [0.5, 0.6) is 0 Å². The van der Waals surface area contributed by atoms with Crippen molar-refractivity contribution in [3.63, 3.8) is 0 Å². The lowest BCUT2D eigenvalue weighted by atomic mass is 9.94. The molecule has 0 bridgehead atoms. The Morgan fingerprint density at radius 1 is 1.31 bits per heavy atom. The van der Waals surface area contributed by atoms with Crippen molar-refractivity contribution in [2.24, 2.45) is 11.8 Å². The van der Waals surface area contributed by atoms with Crippen LogP contribution in [-0.4, -0.2) is 11.2 Å². The summed E-state index contributed by atoms with van der Waals surface area (Å²) in [5, 5.41) is 9.89. The lowest BCUT2D eigenvalue weighted by molar-refractivity contribution is 0.0972. The number of aliphatic hydroxyl groups is 1. The van der Waals surface area contributed by atoms with Crippen molar-refractivity contribution < 1.29 is 5.11 Å². The van der Waals surface area contributed by atoms with E-state index in [2.05, 4.69) is 13.8 Å². The fraction of sp³-hybridized carbons (Fsp3) is 1.00. The highest BCUT2D eigenvalue weighted by Crippen LogP contribution is 2.35. The second-order valence-electron chi connectivity index (χ2n) is 4.56. The van der Waals surface area contributed by atoms with Gasteiger partial charge in [-0.2, -0.15) is 0 Å². The Morgan fingerprint density at radius 2 is 2.08 bits per heavy atom. The van der Waals surface area contributed by atoms with Gasteiger partial charge in [-0.15, -0.1) is 0 Å². The lowest BCUT2D eigenvalue weighted by Crippen LogP contribution is -2.17. The Morgan fingerprint density at radius 3 is 2.62 bits per heavy atom. The van der Waals surface area contributed by atoms with Crippen molar-refractivity contribution in [2.75, 3.05) is 0 Å². The maximum Gasteiger partial charge on any atom is 0.0568 e. The van der Waals surface area contributed by atoms with Crippen LogP contribution in [0.4, 0.5) is 0 Å². The van der Waals surface area contributed by atoms with Crippen molar-refractivity contribution in [2.45, 2.75) is 64.9 Å². The quantitative estimate of drug-likeness (QED) is 0.694. The summed E-state index contributed by atoms with van der Waals surface area (Å²) in [7, 11) is 0. The Labute approximate surface area is 82.5 Å². The van der Waals surface area contributed by atoms with Crippen LogP contribution in [-0.2, 0) is 0 Å². The van der Waals surface area contributed by atoms with E-state index in [1.54, 1.807) is 0 Å². The van der Waals surface area contributed by atoms with Gasteiger partial charge in [-0.25, -0.2) is 0 Å². The minimum Gasteiger partial charge on any atom is -0.393 e. The molecule has 1 heteroatoms. The van der Waals surface area contributed by atoms with Crippen molar-refractivity contribution >= 4 is 0 Å². The van der Waals surface area contributed by atoms with Gasteiger partial charge in [0.2, 0.25) is 0 Å². The molecular formula is C12H24O. The van der Waals surface area contributed by atoms with Crippen molar-refractivity contribution in [1.29, 1.82) is 0 Å². The van der Waals surface area contributed by atoms with Crippen molar-refractivity contribution in [1.82, 2.24) is 0 Å². The van der Waals surface area contributed by atoms with Gasteiger partial charge in [-0.1, -0.05) is 39.5 Å². The van der Waals surface area contributed by atoms with Gasteiger partial charge in [0.05, 0.1) is 6.10 Å². The van der Waals surface area contributed by atoms with E-state index in [-0.39, 0.29) is 6.10 Å². The highest BCUT2D eigenvalue weighted by Gasteiger charge is 2.28. The second-order valence-corrected chi connectivity index (χ2v) is 4.56. The molecule has 1 aliphatic carbocycles. The van der Waals surface area contributed by atoms with E-state index < -0.39 is 0 Å². The Kier molecular flexibility index (Phi) is 4.79. The molecule has 1 fully saturated rings. The monoisotopic (exact) mass is 184 g/mol. The van der Waals surface area contributed by atoms with E-state index in [1.807, 2.05) is 0 Å². The third kappa shape index (κ3) is 3.30. The van der Waals surface area contributed by atoms with Crippen LogP contribution in [0, 0.1) is 11.8 Å². The molecule has 0 aromatic carbocycles. The lowest BCUT2D eigenvalue weighted by Gasteiger charge is -2.17. The number of hydrogen-bond donors (Lipinski definition) is 1. The molecule has 0 aromatic heterocycles. The molecule has 0 saturated heterocycles. The van der Waals surface area contributed by atoms with Crippen LogP contribution >= 0.6 is 0 Å². The largest absolute Gasteiger partial charge is 0.393 e. The van der Waals surface area contributed by atoms with Crippen LogP contribution in [0.2, 0.25) is 0 Å². The van der Waals surface area contributed by atoms with Gasteiger partial charge in [0.25, 0.3) is 0 Å². The van der Waals surface area contributed by atoms with E-state index in [9.17, 15) is 5.11 Å². The Hall–Kier alpha value is -0.0400. The van der Waals surface area contributed by atoms with Gasteiger partial charge in [-0.05, 0) is 31.1 Å². The van der Waals surface area contributed by atoms with Crippen LogP contribution in [0.1, 0.15) is 58.8 Å². The summed E-state index contributed by atoms with van der Waals surface area (Å²) in [6, 6.07) is 0. The molecule has 0 radical (unpaired) electrons. The van der Waals surface area contributed by atoms with E-state index in [1.165, 1.54) is 38.5 Å². The topological polar surface area (TPSA) is 20.2 Å². The van der Waals surface area contributed by atoms with Crippen molar-refractivity contribution in [3.8, 4) is 0 Å². The molecule has 1 N–H and O–H groups in total. The predicted molar refractivity (Wildman–Crippen MR) is 56.7 cm³/mol. The fourth-order valence-corrected chi connectivity index (χ4v) is 2.48. The average Bonchev–Trinajstić information content (AvgIpc) is 2.62. The molecule has 0 heterocycles. The zero-order chi connectivity index (χ0) is 9.68. The maximum atomic E-state index is 9.89. The molecule has 0 aromatic rings. The molecule has 13 heavy (non-hydrogen) atoms. The summed E-state index contributed by atoms with van der Waals surface area (Å²) in [5.41, 5.74) is 0. The van der Waals surface area contributed by atoms with Crippen molar-refractivity contribution in [3.05, 3.63) is 0 Å². The van der Waals surface area contributed by atoms with E-state index in [4.69, 9.17) is 0 Å². The van der Waals surface area contributed by atoms with Gasteiger partial charge >= 0.3 is 0 Å². The summed E-state index contributed by atoms with van der Waals surface area (Å²) in [6.45, 7) is 4.46. The first kappa shape index (κ1) is 11.0. The van der Waals surface area contributed by atoms with E-state index >= 15 is 0 Å². The molecule has 1 rings (SSSR count). The molecule has 1 nitrogen and oxygen atoms in total. The minimum absolute atomic E-state index is 0.00324. The molecule has 1 saturated carbocycles. The van der Waals surface area contributed by atoms with E-state index in [0.717, 1.165) is 12.3 Å². The first-order chi connectivity index (χ1) is 6.27. The average molecular weight is 184 g/mol. The van der Waals surface area contributed by atoms with Gasteiger partial charge in [0.15, 0.2) is 0 Å². The normalized spacial score (nSPS) is 30.7. The van der Waals surface area contributed by atoms with Gasteiger partial charge < -0.3 is 5.11 Å². The summed E-state index contributed by atoms with van der Waals surface area (Å²) >= 11 is 0. The van der Waals surface area contributed by atoms with Crippen LogP contribution < -0.4 is 0 Å². The molecule has 1 aliphatic rings. The third-order valence-electron chi connectivity index (χ3n) is 3.56. The molecule has 3 atom stereocenters. The summed E-state index contributed by atoms with van der Waals surface area (Å²) in [5.74, 6) is 1.53. The smallest absolute Gasteiger partial charge is 0.0568 e. The highest BCUT2D eigenvalue weighted by atomic mass is 16.3. The predicted octanol–water partition coefficient (Wildman–Crippen LogP) is 3.36. The van der Waals surface area contributed by atoms with Gasteiger partial charge in [-0.3, -0.25) is 0 Å². The summed E-state index contributed by atoms with van der Waals surface area (Å²) in [4.78, 5) is 0.